The molecule has 0 saturated carbocycles. The molecule has 1 aliphatic heterocycles. The van der Waals surface area contributed by atoms with Gasteiger partial charge in [0.1, 0.15) is 11.6 Å². The number of rotatable bonds is 7. The van der Waals surface area contributed by atoms with E-state index >= 15 is 0 Å². The number of hydrogen-bond donors (Lipinski definition) is 1. The fraction of sp³-hybridized carbons (Fsp3) is 0.500. The van der Waals surface area contributed by atoms with E-state index in [1.54, 1.807) is 4.90 Å². The Morgan fingerprint density at radius 3 is 2.74 bits per heavy atom. The molecular weight excluding hydrogens is 346 g/mol. The molecular formula is C22H26F2N2O. The number of carbonyl (C=O) groups excluding carboxylic acids is 1. The molecule has 0 radical (unpaired) electrons. The van der Waals surface area contributed by atoms with Crippen LogP contribution in [0.5, 0.6) is 0 Å². The van der Waals surface area contributed by atoms with Gasteiger partial charge in [0.15, 0.2) is 0 Å². The quantitative estimate of drug-likeness (QED) is 0.523. The number of halogens is 2. The normalized spacial score (nSPS) is 16.4. The summed E-state index contributed by atoms with van der Waals surface area (Å²) in [7, 11) is 0. The van der Waals surface area contributed by atoms with Gasteiger partial charge in [-0.25, -0.2) is 8.78 Å². The van der Waals surface area contributed by atoms with Gasteiger partial charge in [-0.15, -0.1) is 6.42 Å². The first-order valence-corrected chi connectivity index (χ1v) is 9.83. The fourth-order valence-corrected chi connectivity index (χ4v) is 4.14. The predicted molar refractivity (Wildman–Crippen MR) is 103 cm³/mol. The van der Waals surface area contributed by atoms with Crippen LogP contribution in [0.25, 0.3) is 10.9 Å². The van der Waals surface area contributed by atoms with Crippen LogP contribution in [0.4, 0.5) is 8.78 Å². The number of aromatic nitrogens is 1. The summed E-state index contributed by atoms with van der Waals surface area (Å²) < 4.78 is 27.9. The molecule has 3 rings (SSSR count). The second kappa shape index (κ2) is 8.56. The Morgan fingerprint density at radius 2 is 2.00 bits per heavy atom. The number of unbranched alkanes of at least 4 members (excludes halogenated alkanes) is 5. The van der Waals surface area contributed by atoms with E-state index in [-0.39, 0.29) is 11.9 Å². The SMILES string of the molecule is C#CC(=O)N1CCc2c([nH]c3c(F)cc(F)cc23)C1CCCCCCCC. The van der Waals surface area contributed by atoms with E-state index < -0.39 is 11.6 Å². The summed E-state index contributed by atoms with van der Waals surface area (Å²) in [6.45, 7) is 2.66. The average Bonchev–Trinajstić information content (AvgIpc) is 3.03. The van der Waals surface area contributed by atoms with Gasteiger partial charge in [0, 0.05) is 23.7 Å². The lowest BCUT2D eigenvalue weighted by atomic mass is 9.93. The van der Waals surface area contributed by atoms with Crippen LogP contribution in [0.1, 0.15) is 69.2 Å². The van der Waals surface area contributed by atoms with E-state index in [1.807, 2.05) is 0 Å². The lowest BCUT2D eigenvalue weighted by molar-refractivity contribution is -0.128. The molecule has 27 heavy (non-hydrogen) atoms. The molecule has 0 bridgehead atoms. The van der Waals surface area contributed by atoms with Crippen molar-refractivity contribution in [3.8, 4) is 12.3 Å². The Labute approximate surface area is 159 Å². The molecule has 0 spiro atoms. The standard InChI is InChI=1S/C22H26F2N2O/c1-3-5-6-7-8-9-10-19-22-16(11-12-26(19)20(27)4-2)17-13-15(23)14-18(24)21(17)25-22/h2,13-14,19,25H,3,5-12H2,1H3. The number of nitrogens with zero attached hydrogens (tertiary/aromatic N) is 1. The molecule has 0 fully saturated rings. The highest BCUT2D eigenvalue weighted by atomic mass is 19.1. The van der Waals surface area contributed by atoms with Crippen LogP contribution < -0.4 is 0 Å². The van der Waals surface area contributed by atoms with Crippen LogP contribution in [-0.2, 0) is 11.2 Å². The summed E-state index contributed by atoms with van der Waals surface area (Å²) in [5.41, 5.74) is 2.02. The summed E-state index contributed by atoms with van der Waals surface area (Å²) in [4.78, 5) is 17.1. The van der Waals surface area contributed by atoms with Gasteiger partial charge in [-0.05, 0) is 30.4 Å². The minimum Gasteiger partial charge on any atom is -0.354 e. The Kier molecular flexibility index (Phi) is 6.15. The second-order valence-electron chi connectivity index (χ2n) is 7.29. The molecule has 2 heterocycles. The third-order valence-electron chi connectivity index (χ3n) is 5.49. The van der Waals surface area contributed by atoms with E-state index in [0.717, 1.165) is 36.6 Å². The van der Waals surface area contributed by atoms with Gasteiger partial charge < -0.3 is 9.88 Å². The average molecular weight is 372 g/mol. The topological polar surface area (TPSA) is 36.1 Å². The van der Waals surface area contributed by atoms with Crippen LogP contribution in [0.3, 0.4) is 0 Å². The Bertz CT molecular complexity index is 865. The van der Waals surface area contributed by atoms with Gasteiger partial charge in [0.2, 0.25) is 0 Å². The van der Waals surface area contributed by atoms with Crippen molar-refractivity contribution in [1.29, 1.82) is 0 Å². The van der Waals surface area contributed by atoms with Gasteiger partial charge in [-0.2, -0.15) is 0 Å². The number of carbonyl (C=O) groups is 1. The van der Waals surface area contributed by atoms with Crippen molar-refractivity contribution in [2.24, 2.45) is 0 Å². The number of fused-ring (bicyclic) bond motifs is 3. The molecule has 1 aromatic heterocycles. The van der Waals surface area contributed by atoms with E-state index in [4.69, 9.17) is 6.42 Å². The zero-order valence-electron chi connectivity index (χ0n) is 15.8. The number of terminal acetylenes is 1. The van der Waals surface area contributed by atoms with Crippen LogP contribution in [0.2, 0.25) is 0 Å². The van der Waals surface area contributed by atoms with Crippen molar-refractivity contribution in [3.63, 3.8) is 0 Å². The van der Waals surface area contributed by atoms with Crippen molar-refractivity contribution < 1.29 is 13.6 Å². The molecule has 0 aliphatic carbocycles. The molecule has 1 aromatic carbocycles. The van der Waals surface area contributed by atoms with Crippen molar-refractivity contribution in [3.05, 3.63) is 35.0 Å². The summed E-state index contributed by atoms with van der Waals surface area (Å²) in [5.74, 6) is 0.671. The maximum absolute atomic E-state index is 14.2. The largest absolute Gasteiger partial charge is 0.354 e. The zero-order chi connectivity index (χ0) is 19.4. The number of amides is 1. The van der Waals surface area contributed by atoms with E-state index in [0.29, 0.717) is 23.9 Å². The molecule has 1 amide bonds. The van der Waals surface area contributed by atoms with Crippen molar-refractivity contribution >= 4 is 16.8 Å². The minimum absolute atomic E-state index is 0.210. The van der Waals surface area contributed by atoms with Crippen LogP contribution in [-0.4, -0.2) is 22.3 Å². The summed E-state index contributed by atoms with van der Waals surface area (Å²) in [6, 6.07) is 2.05. The molecule has 1 unspecified atom stereocenters. The molecule has 1 atom stereocenters. The number of H-pyrrole nitrogens is 1. The summed E-state index contributed by atoms with van der Waals surface area (Å²) in [5, 5.41) is 0.572. The van der Waals surface area contributed by atoms with Gasteiger partial charge in [-0.3, -0.25) is 4.79 Å². The zero-order valence-corrected chi connectivity index (χ0v) is 15.8. The fourth-order valence-electron chi connectivity index (χ4n) is 4.14. The van der Waals surface area contributed by atoms with Gasteiger partial charge in [-0.1, -0.05) is 45.4 Å². The number of benzene rings is 1. The molecule has 1 aliphatic rings. The molecule has 0 saturated heterocycles. The first-order chi connectivity index (χ1) is 13.1. The van der Waals surface area contributed by atoms with Gasteiger partial charge in [0.25, 0.3) is 5.91 Å². The molecule has 5 heteroatoms. The highest BCUT2D eigenvalue weighted by Crippen LogP contribution is 2.38. The Balaban J connectivity index is 1.87. The lowest BCUT2D eigenvalue weighted by Crippen LogP contribution is -2.39. The smallest absolute Gasteiger partial charge is 0.298 e. The minimum atomic E-state index is -0.604. The molecule has 3 nitrogen and oxygen atoms in total. The maximum atomic E-state index is 14.2. The first-order valence-electron chi connectivity index (χ1n) is 9.83. The summed E-state index contributed by atoms with van der Waals surface area (Å²) >= 11 is 0. The Morgan fingerprint density at radius 1 is 1.26 bits per heavy atom. The van der Waals surface area contributed by atoms with E-state index in [1.165, 1.54) is 31.7 Å². The summed E-state index contributed by atoms with van der Waals surface area (Å²) in [6.07, 6.45) is 13.5. The predicted octanol–water partition coefficient (Wildman–Crippen LogP) is 5.26. The monoisotopic (exact) mass is 372 g/mol. The van der Waals surface area contributed by atoms with Crippen LogP contribution >= 0.6 is 0 Å². The highest BCUT2D eigenvalue weighted by molar-refractivity contribution is 5.94. The van der Waals surface area contributed by atoms with Crippen LogP contribution in [0, 0.1) is 24.0 Å². The van der Waals surface area contributed by atoms with E-state index in [2.05, 4.69) is 17.8 Å². The third kappa shape index (κ3) is 4.00. The van der Waals surface area contributed by atoms with E-state index in [9.17, 15) is 13.6 Å². The third-order valence-corrected chi connectivity index (χ3v) is 5.49. The first kappa shape index (κ1) is 19.4. The van der Waals surface area contributed by atoms with Gasteiger partial charge >= 0.3 is 0 Å². The number of hydrogen-bond acceptors (Lipinski definition) is 1. The number of aromatic amines is 1. The second-order valence-corrected chi connectivity index (χ2v) is 7.29. The Hall–Kier alpha value is -2.35. The van der Waals surface area contributed by atoms with Gasteiger partial charge in [0.05, 0.1) is 11.6 Å². The molecule has 144 valence electrons. The van der Waals surface area contributed by atoms with Crippen molar-refractivity contribution in [2.75, 3.05) is 6.54 Å². The van der Waals surface area contributed by atoms with Crippen LogP contribution in [0.15, 0.2) is 12.1 Å². The molecule has 1 N–H and O–H groups in total. The molecule has 2 aromatic rings. The maximum Gasteiger partial charge on any atom is 0.298 e. The van der Waals surface area contributed by atoms with Crippen molar-refractivity contribution in [1.82, 2.24) is 9.88 Å². The van der Waals surface area contributed by atoms with Crippen molar-refractivity contribution in [2.45, 2.75) is 64.3 Å². The number of nitrogens with one attached hydrogen (secondary N) is 1. The lowest BCUT2D eigenvalue weighted by Gasteiger charge is -2.34. The highest BCUT2D eigenvalue weighted by Gasteiger charge is 2.33.